The SMILES string of the molecule is CCSCCC(C)NC(C)c1ccc2c(c1)OCO2. The average Bonchev–Trinajstić information content (AvgIpc) is 2.86. The molecule has 0 bridgehead atoms. The van der Waals surface area contributed by atoms with E-state index in [-0.39, 0.29) is 0 Å². The van der Waals surface area contributed by atoms with Gasteiger partial charge in [0.15, 0.2) is 11.5 Å². The third-order valence-electron chi connectivity index (χ3n) is 3.33. The number of hydrogen-bond acceptors (Lipinski definition) is 4. The van der Waals surface area contributed by atoms with E-state index in [1.165, 1.54) is 23.5 Å². The van der Waals surface area contributed by atoms with Gasteiger partial charge in [0.25, 0.3) is 0 Å². The lowest BCUT2D eigenvalue weighted by atomic mass is 10.1. The van der Waals surface area contributed by atoms with Crippen LogP contribution in [0.15, 0.2) is 18.2 Å². The van der Waals surface area contributed by atoms with Crippen LogP contribution in [-0.4, -0.2) is 24.3 Å². The van der Waals surface area contributed by atoms with Gasteiger partial charge < -0.3 is 14.8 Å². The minimum Gasteiger partial charge on any atom is -0.454 e. The third-order valence-corrected chi connectivity index (χ3v) is 4.26. The van der Waals surface area contributed by atoms with Crippen molar-refractivity contribution in [1.82, 2.24) is 5.32 Å². The van der Waals surface area contributed by atoms with Crippen LogP contribution < -0.4 is 14.8 Å². The van der Waals surface area contributed by atoms with Crippen LogP contribution in [0.1, 0.15) is 38.8 Å². The van der Waals surface area contributed by atoms with Gasteiger partial charge in [-0.15, -0.1) is 0 Å². The molecule has 0 spiro atoms. The van der Waals surface area contributed by atoms with Gasteiger partial charge in [0.1, 0.15) is 0 Å². The van der Waals surface area contributed by atoms with Gasteiger partial charge in [-0.05, 0) is 49.5 Å². The van der Waals surface area contributed by atoms with Gasteiger partial charge in [-0.25, -0.2) is 0 Å². The van der Waals surface area contributed by atoms with E-state index in [9.17, 15) is 0 Å². The quantitative estimate of drug-likeness (QED) is 0.774. The van der Waals surface area contributed by atoms with E-state index in [0.29, 0.717) is 18.9 Å². The Kier molecular flexibility index (Phi) is 5.40. The Labute approximate surface area is 120 Å². The molecule has 0 radical (unpaired) electrons. The first-order chi connectivity index (χ1) is 9.20. The van der Waals surface area contributed by atoms with Gasteiger partial charge in [-0.3, -0.25) is 0 Å². The van der Waals surface area contributed by atoms with Crippen molar-refractivity contribution >= 4 is 11.8 Å². The molecule has 1 aliphatic rings. The predicted molar refractivity (Wildman–Crippen MR) is 81.2 cm³/mol. The van der Waals surface area contributed by atoms with Gasteiger partial charge in [0.05, 0.1) is 0 Å². The summed E-state index contributed by atoms with van der Waals surface area (Å²) in [5.74, 6) is 4.13. The molecule has 2 atom stereocenters. The molecule has 1 aromatic carbocycles. The smallest absolute Gasteiger partial charge is 0.231 e. The van der Waals surface area contributed by atoms with Crippen LogP contribution in [0.3, 0.4) is 0 Å². The molecule has 0 saturated carbocycles. The monoisotopic (exact) mass is 281 g/mol. The highest BCUT2D eigenvalue weighted by Crippen LogP contribution is 2.34. The van der Waals surface area contributed by atoms with E-state index in [0.717, 1.165) is 11.5 Å². The molecule has 1 N–H and O–H groups in total. The molecule has 0 saturated heterocycles. The summed E-state index contributed by atoms with van der Waals surface area (Å²) in [5.41, 5.74) is 1.25. The van der Waals surface area contributed by atoms with Crippen LogP contribution in [0, 0.1) is 0 Å². The Balaban J connectivity index is 1.87. The summed E-state index contributed by atoms with van der Waals surface area (Å²) < 4.78 is 10.8. The Morgan fingerprint density at radius 2 is 2.05 bits per heavy atom. The average molecular weight is 281 g/mol. The molecule has 3 nitrogen and oxygen atoms in total. The zero-order valence-electron chi connectivity index (χ0n) is 11.9. The predicted octanol–water partition coefficient (Wildman–Crippen LogP) is 3.60. The fourth-order valence-corrected chi connectivity index (χ4v) is 3.00. The molecule has 1 heterocycles. The topological polar surface area (TPSA) is 30.5 Å². The zero-order valence-corrected chi connectivity index (χ0v) is 12.8. The summed E-state index contributed by atoms with van der Waals surface area (Å²) in [6.07, 6.45) is 1.20. The summed E-state index contributed by atoms with van der Waals surface area (Å²) in [6, 6.07) is 7.04. The first-order valence-corrected chi connectivity index (χ1v) is 8.09. The van der Waals surface area contributed by atoms with Crippen molar-refractivity contribution in [3.05, 3.63) is 23.8 Å². The normalized spacial score (nSPS) is 16.4. The molecule has 19 heavy (non-hydrogen) atoms. The molecule has 2 unspecified atom stereocenters. The summed E-state index contributed by atoms with van der Waals surface area (Å²) in [4.78, 5) is 0. The Hall–Kier alpha value is -0.870. The maximum absolute atomic E-state index is 5.42. The molecular formula is C15H23NO2S. The number of rotatable bonds is 7. The molecule has 106 valence electrons. The maximum atomic E-state index is 5.42. The maximum Gasteiger partial charge on any atom is 0.231 e. The Morgan fingerprint density at radius 1 is 1.26 bits per heavy atom. The van der Waals surface area contributed by atoms with Gasteiger partial charge >= 0.3 is 0 Å². The summed E-state index contributed by atoms with van der Waals surface area (Å²) >= 11 is 2.00. The molecule has 1 aliphatic heterocycles. The van der Waals surface area contributed by atoms with E-state index in [4.69, 9.17) is 9.47 Å². The Morgan fingerprint density at radius 3 is 2.84 bits per heavy atom. The van der Waals surface area contributed by atoms with Crippen molar-refractivity contribution in [2.24, 2.45) is 0 Å². The lowest BCUT2D eigenvalue weighted by molar-refractivity contribution is 0.174. The van der Waals surface area contributed by atoms with Crippen LogP contribution in [0.4, 0.5) is 0 Å². The van der Waals surface area contributed by atoms with Crippen molar-refractivity contribution in [3.8, 4) is 11.5 Å². The van der Waals surface area contributed by atoms with Crippen molar-refractivity contribution < 1.29 is 9.47 Å². The molecule has 1 aromatic rings. The molecule has 0 amide bonds. The fourth-order valence-electron chi connectivity index (χ4n) is 2.19. The van der Waals surface area contributed by atoms with E-state index in [1.807, 2.05) is 17.8 Å². The highest BCUT2D eigenvalue weighted by atomic mass is 32.2. The summed E-state index contributed by atoms with van der Waals surface area (Å²) in [7, 11) is 0. The third kappa shape index (κ3) is 4.05. The molecule has 4 heteroatoms. The lowest BCUT2D eigenvalue weighted by Gasteiger charge is -2.20. The fraction of sp³-hybridized carbons (Fsp3) is 0.600. The van der Waals surface area contributed by atoms with Gasteiger partial charge in [0, 0.05) is 12.1 Å². The molecule has 0 fully saturated rings. The summed E-state index contributed by atoms with van der Waals surface area (Å²) in [6.45, 7) is 6.99. The van der Waals surface area contributed by atoms with Crippen LogP contribution in [0.2, 0.25) is 0 Å². The number of thioether (sulfide) groups is 1. The largest absolute Gasteiger partial charge is 0.454 e. The van der Waals surface area contributed by atoms with Crippen LogP contribution in [0.5, 0.6) is 11.5 Å². The second-order valence-electron chi connectivity index (χ2n) is 4.89. The number of benzene rings is 1. The van der Waals surface area contributed by atoms with Gasteiger partial charge in [-0.2, -0.15) is 11.8 Å². The van der Waals surface area contributed by atoms with Crippen molar-refractivity contribution in [1.29, 1.82) is 0 Å². The van der Waals surface area contributed by atoms with Crippen molar-refractivity contribution in [2.75, 3.05) is 18.3 Å². The number of fused-ring (bicyclic) bond motifs is 1. The second-order valence-corrected chi connectivity index (χ2v) is 6.28. The number of hydrogen-bond donors (Lipinski definition) is 1. The van der Waals surface area contributed by atoms with E-state index in [2.05, 4.69) is 38.2 Å². The minimum absolute atomic E-state index is 0.330. The molecule has 2 rings (SSSR count). The minimum atomic E-state index is 0.330. The van der Waals surface area contributed by atoms with Crippen molar-refractivity contribution in [3.63, 3.8) is 0 Å². The molecule has 0 aromatic heterocycles. The number of nitrogens with one attached hydrogen (secondary N) is 1. The second kappa shape index (κ2) is 7.06. The zero-order chi connectivity index (χ0) is 13.7. The number of ether oxygens (including phenoxy) is 2. The highest BCUT2D eigenvalue weighted by Gasteiger charge is 2.16. The standard InChI is InChI=1S/C15H23NO2S/c1-4-19-8-7-11(2)16-12(3)13-5-6-14-15(9-13)18-10-17-14/h5-6,9,11-12,16H,4,7-8,10H2,1-3H3. The first kappa shape index (κ1) is 14.5. The van der Waals surface area contributed by atoms with Crippen LogP contribution in [0.25, 0.3) is 0 Å². The highest BCUT2D eigenvalue weighted by molar-refractivity contribution is 7.99. The van der Waals surface area contributed by atoms with E-state index < -0.39 is 0 Å². The Bertz CT molecular complexity index is 411. The van der Waals surface area contributed by atoms with Crippen molar-refractivity contribution in [2.45, 2.75) is 39.3 Å². The van der Waals surface area contributed by atoms with E-state index >= 15 is 0 Å². The molecule has 0 aliphatic carbocycles. The molecular weight excluding hydrogens is 258 g/mol. The van der Waals surface area contributed by atoms with E-state index in [1.54, 1.807) is 0 Å². The van der Waals surface area contributed by atoms with Crippen LogP contribution in [-0.2, 0) is 0 Å². The van der Waals surface area contributed by atoms with Gasteiger partial charge in [0.2, 0.25) is 6.79 Å². The first-order valence-electron chi connectivity index (χ1n) is 6.94. The van der Waals surface area contributed by atoms with Gasteiger partial charge in [-0.1, -0.05) is 13.0 Å². The van der Waals surface area contributed by atoms with Crippen LogP contribution >= 0.6 is 11.8 Å². The lowest BCUT2D eigenvalue weighted by Crippen LogP contribution is -2.29. The summed E-state index contributed by atoms with van der Waals surface area (Å²) in [5, 5.41) is 3.64.